The number of aromatic nitrogens is 2. The van der Waals surface area contributed by atoms with Crippen molar-refractivity contribution in [2.24, 2.45) is 0 Å². The van der Waals surface area contributed by atoms with Gasteiger partial charge in [-0.15, -0.1) is 0 Å². The van der Waals surface area contributed by atoms with Crippen LogP contribution in [0, 0.1) is 0 Å². The minimum absolute atomic E-state index is 0.0832. The zero-order chi connectivity index (χ0) is 20.3. The number of methoxy groups -OCH3 is 1. The number of amides is 1. The smallest absolute Gasteiger partial charge is 0.252 e. The van der Waals surface area contributed by atoms with Crippen LogP contribution in [0.5, 0.6) is 5.75 Å². The third-order valence-corrected chi connectivity index (χ3v) is 4.50. The fourth-order valence-electron chi connectivity index (χ4n) is 2.75. The van der Waals surface area contributed by atoms with Crippen LogP contribution in [-0.2, 0) is 5.41 Å². The van der Waals surface area contributed by atoms with E-state index < -0.39 is 6.04 Å². The molecule has 0 fully saturated rings. The van der Waals surface area contributed by atoms with Crippen molar-refractivity contribution in [3.05, 3.63) is 65.5 Å². The second-order valence-electron chi connectivity index (χ2n) is 7.71. The highest BCUT2D eigenvalue weighted by Gasteiger charge is 2.19. The van der Waals surface area contributed by atoms with E-state index in [1.807, 2.05) is 12.1 Å². The summed E-state index contributed by atoms with van der Waals surface area (Å²) >= 11 is 0. The Hall–Kier alpha value is -3.15. The van der Waals surface area contributed by atoms with Crippen molar-refractivity contribution in [3.63, 3.8) is 0 Å². The fraction of sp³-hybridized carbons (Fsp3) is 0.318. The number of nitrogens with zero attached hydrogens (tertiary/aromatic N) is 2. The van der Waals surface area contributed by atoms with E-state index in [1.165, 1.54) is 5.56 Å². The number of hydrogen-bond donors (Lipinski definition) is 1. The number of carbonyl (C=O) groups excluding carboxylic acids is 1. The summed E-state index contributed by atoms with van der Waals surface area (Å²) < 4.78 is 10.5. The molecule has 2 aromatic carbocycles. The number of nitrogens with one attached hydrogen (secondary N) is 1. The van der Waals surface area contributed by atoms with Crippen molar-refractivity contribution in [3.8, 4) is 17.1 Å². The molecule has 1 heterocycles. The number of ether oxygens (including phenoxy) is 1. The van der Waals surface area contributed by atoms with Crippen LogP contribution in [0.25, 0.3) is 11.4 Å². The van der Waals surface area contributed by atoms with Crippen LogP contribution in [0.1, 0.15) is 55.5 Å². The summed E-state index contributed by atoms with van der Waals surface area (Å²) in [6.45, 7) is 8.31. The summed E-state index contributed by atoms with van der Waals surface area (Å²) in [5.41, 5.74) is 2.69. The zero-order valence-corrected chi connectivity index (χ0v) is 16.8. The highest BCUT2D eigenvalue weighted by molar-refractivity contribution is 5.94. The van der Waals surface area contributed by atoms with Crippen LogP contribution in [-0.4, -0.2) is 23.2 Å². The molecule has 146 valence electrons. The predicted molar refractivity (Wildman–Crippen MR) is 107 cm³/mol. The SMILES string of the molecule is COc1cccc(C(=O)N[C@H](C)c2nc(-c3ccc(C(C)(C)C)cc3)no2)c1. The molecule has 0 radical (unpaired) electrons. The lowest BCUT2D eigenvalue weighted by molar-refractivity contribution is 0.0932. The van der Waals surface area contributed by atoms with Gasteiger partial charge in [0.2, 0.25) is 11.7 Å². The molecule has 0 bridgehead atoms. The van der Waals surface area contributed by atoms with Gasteiger partial charge in [0, 0.05) is 11.1 Å². The molecule has 0 saturated carbocycles. The lowest BCUT2D eigenvalue weighted by Gasteiger charge is -2.18. The largest absolute Gasteiger partial charge is 0.497 e. The van der Waals surface area contributed by atoms with Crippen LogP contribution in [0.15, 0.2) is 53.1 Å². The summed E-state index contributed by atoms with van der Waals surface area (Å²) in [5, 5.41) is 6.92. The molecule has 0 aliphatic heterocycles. The van der Waals surface area contributed by atoms with E-state index in [-0.39, 0.29) is 11.3 Å². The van der Waals surface area contributed by atoms with Crippen molar-refractivity contribution < 1.29 is 14.1 Å². The van der Waals surface area contributed by atoms with Crippen LogP contribution >= 0.6 is 0 Å². The molecule has 1 amide bonds. The Morgan fingerprint density at radius 1 is 1.14 bits per heavy atom. The van der Waals surface area contributed by atoms with E-state index in [4.69, 9.17) is 9.26 Å². The molecule has 28 heavy (non-hydrogen) atoms. The van der Waals surface area contributed by atoms with Crippen molar-refractivity contribution in [2.45, 2.75) is 39.2 Å². The second kappa shape index (κ2) is 7.84. The molecule has 1 aromatic heterocycles. The molecule has 0 spiro atoms. The van der Waals surface area contributed by atoms with E-state index in [1.54, 1.807) is 38.3 Å². The average Bonchev–Trinajstić information content (AvgIpc) is 3.18. The van der Waals surface area contributed by atoms with Gasteiger partial charge in [-0.3, -0.25) is 4.79 Å². The fourth-order valence-corrected chi connectivity index (χ4v) is 2.75. The maximum atomic E-state index is 12.4. The van der Waals surface area contributed by atoms with Crippen molar-refractivity contribution in [2.75, 3.05) is 7.11 Å². The topological polar surface area (TPSA) is 77.2 Å². The number of rotatable bonds is 5. The van der Waals surface area contributed by atoms with Crippen molar-refractivity contribution in [1.29, 1.82) is 0 Å². The molecular weight excluding hydrogens is 354 g/mol. The second-order valence-corrected chi connectivity index (χ2v) is 7.71. The van der Waals surface area contributed by atoms with Crippen LogP contribution in [0.4, 0.5) is 0 Å². The Labute approximate surface area is 164 Å². The Kier molecular flexibility index (Phi) is 5.49. The van der Waals surface area contributed by atoms with E-state index in [9.17, 15) is 4.79 Å². The van der Waals surface area contributed by atoms with Gasteiger partial charge in [0.05, 0.1) is 7.11 Å². The lowest BCUT2D eigenvalue weighted by Crippen LogP contribution is -2.26. The third-order valence-electron chi connectivity index (χ3n) is 4.50. The minimum Gasteiger partial charge on any atom is -0.497 e. The predicted octanol–water partition coefficient (Wildman–Crippen LogP) is 4.53. The normalized spacial score (nSPS) is 12.5. The lowest BCUT2D eigenvalue weighted by atomic mass is 9.87. The van der Waals surface area contributed by atoms with Gasteiger partial charge < -0.3 is 14.6 Å². The summed E-state index contributed by atoms with van der Waals surface area (Å²) in [5.74, 6) is 1.24. The van der Waals surface area contributed by atoms with Crippen molar-refractivity contribution >= 4 is 5.91 Å². The standard InChI is InChI=1S/C22H25N3O3/c1-14(23-20(26)16-7-6-8-18(13-16)27-5)21-24-19(25-28-21)15-9-11-17(12-10-15)22(2,3)4/h6-14H,1-5H3,(H,23,26)/t14-/m1/s1. The number of hydrogen-bond acceptors (Lipinski definition) is 5. The monoisotopic (exact) mass is 379 g/mol. The summed E-state index contributed by atoms with van der Waals surface area (Å²) in [6, 6.07) is 14.6. The van der Waals surface area contributed by atoms with Gasteiger partial charge in [-0.05, 0) is 36.1 Å². The maximum absolute atomic E-state index is 12.4. The van der Waals surface area contributed by atoms with Crippen molar-refractivity contribution in [1.82, 2.24) is 15.5 Å². The Morgan fingerprint density at radius 2 is 1.86 bits per heavy atom. The molecule has 0 aliphatic carbocycles. The first-order chi connectivity index (χ1) is 13.3. The van der Waals surface area contributed by atoms with Gasteiger partial charge in [-0.1, -0.05) is 56.3 Å². The summed E-state index contributed by atoms with van der Waals surface area (Å²) in [7, 11) is 1.56. The van der Waals surface area contributed by atoms with E-state index in [2.05, 4.69) is 48.4 Å². The molecule has 0 unspecified atom stereocenters. The molecular formula is C22H25N3O3. The molecule has 3 aromatic rings. The Balaban J connectivity index is 1.71. The first kappa shape index (κ1) is 19.6. The van der Waals surface area contributed by atoms with Crippen LogP contribution in [0.2, 0.25) is 0 Å². The molecule has 1 N–H and O–H groups in total. The molecule has 0 aliphatic rings. The first-order valence-electron chi connectivity index (χ1n) is 9.17. The quantitative estimate of drug-likeness (QED) is 0.704. The van der Waals surface area contributed by atoms with Gasteiger partial charge in [0.25, 0.3) is 5.91 Å². The zero-order valence-electron chi connectivity index (χ0n) is 16.8. The molecule has 1 atom stereocenters. The van der Waals surface area contributed by atoms with Gasteiger partial charge in [0.15, 0.2) is 0 Å². The molecule has 3 rings (SSSR count). The van der Waals surface area contributed by atoms with Crippen LogP contribution < -0.4 is 10.1 Å². The molecule has 6 heteroatoms. The average molecular weight is 379 g/mol. The number of carbonyl (C=O) groups is 1. The Morgan fingerprint density at radius 3 is 2.50 bits per heavy atom. The van der Waals surface area contributed by atoms with E-state index in [0.717, 1.165) is 5.56 Å². The summed E-state index contributed by atoms with van der Waals surface area (Å²) in [6.07, 6.45) is 0. The number of benzene rings is 2. The van der Waals surface area contributed by atoms with E-state index in [0.29, 0.717) is 23.0 Å². The summed E-state index contributed by atoms with van der Waals surface area (Å²) in [4.78, 5) is 16.9. The minimum atomic E-state index is -0.422. The highest BCUT2D eigenvalue weighted by Crippen LogP contribution is 2.25. The van der Waals surface area contributed by atoms with Crippen LogP contribution in [0.3, 0.4) is 0 Å². The highest BCUT2D eigenvalue weighted by atomic mass is 16.5. The van der Waals surface area contributed by atoms with Gasteiger partial charge in [0.1, 0.15) is 11.8 Å². The van der Waals surface area contributed by atoms with Gasteiger partial charge in [-0.25, -0.2) is 0 Å². The molecule has 0 saturated heterocycles. The first-order valence-corrected chi connectivity index (χ1v) is 9.17. The van der Waals surface area contributed by atoms with Gasteiger partial charge in [-0.2, -0.15) is 4.98 Å². The Bertz CT molecular complexity index is 956. The maximum Gasteiger partial charge on any atom is 0.252 e. The van der Waals surface area contributed by atoms with Gasteiger partial charge >= 0.3 is 0 Å². The third kappa shape index (κ3) is 4.39. The van der Waals surface area contributed by atoms with E-state index >= 15 is 0 Å². The molecule has 6 nitrogen and oxygen atoms in total.